The molecule has 2 saturated heterocycles. The van der Waals surface area contributed by atoms with Crippen molar-refractivity contribution in [3.63, 3.8) is 0 Å². The highest BCUT2D eigenvalue weighted by Gasteiger charge is 2.31. The predicted octanol–water partition coefficient (Wildman–Crippen LogP) is 3.92. The Labute approximate surface area is 176 Å². The minimum absolute atomic E-state index is 0.0124. The van der Waals surface area contributed by atoms with Crippen molar-refractivity contribution in [3.05, 3.63) is 58.9 Å². The molecular formula is C23H27FN4O2. The Morgan fingerprint density at radius 3 is 2.37 bits per heavy atom. The molecule has 0 N–H and O–H groups in total. The fourth-order valence-corrected chi connectivity index (χ4v) is 4.32. The molecule has 4 rings (SSSR count). The third kappa shape index (κ3) is 4.20. The van der Waals surface area contributed by atoms with Crippen molar-refractivity contribution in [3.8, 4) is 0 Å². The van der Waals surface area contributed by atoms with Gasteiger partial charge in [-0.25, -0.2) is 14.4 Å². The summed E-state index contributed by atoms with van der Waals surface area (Å²) < 4.78 is 13.2. The number of piperidine rings is 2. The summed E-state index contributed by atoms with van der Waals surface area (Å²) in [5, 5.41) is 0. The lowest BCUT2D eigenvalue weighted by Crippen LogP contribution is -2.39. The van der Waals surface area contributed by atoms with Crippen LogP contribution >= 0.6 is 0 Å². The molecule has 158 valence electrons. The van der Waals surface area contributed by atoms with Crippen LogP contribution in [0.3, 0.4) is 0 Å². The fraction of sp³-hybridized carbons (Fsp3) is 0.478. The molecule has 1 aromatic heterocycles. The molecule has 1 aromatic carbocycles. The molecule has 0 radical (unpaired) electrons. The quantitative estimate of drug-likeness (QED) is 0.769. The van der Waals surface area contributed by atoms with Gasteiger partial charge in [0.25, 0.3) is 11.8 Å². The van der Waals surface area contributed by atoms with Crippen molar-refractivity contribution < 1.29 is 14.0 Å². The molecule has 0 spiro atoms. The Kier molecular flexibility index (Phi) is 6.06. The zero-order valence-electron chi connectivity index (χ0n) is 17.3. The van der Waals surface area contributed by atoms with Crippen LogP contribution in [0.4, 0.5) is 4.39 Å². The van der Waals surface area contributed by atoms with Gasteiger partial charge in [0, 0.05) is 31.4 Å². The van der Waals surface area contributed by atoms with Gasteiger partial charge in [-0.05, 0) is 69.7 Å². The highest BCUT2D eigenvalue weighted by atomic mass is 19.1. The Morgan fingerprint density at radius 1 is 0.967 bits per heavy atom. The molecule has 2 amide bonds. The van der Waals surface area contributed by atoms with Crippen LogP contribution in [0.2, 0.25) is 0 Å². The minimum atomic E-state index is -0.366. The third-order valence-corrected chi connectivity index (χ3v) is 6.02. The number of benzene rings is 1. The van der Waals surface area contributed by atoms with Crippen LogP contribution < -0.4 is 0 Å². The van der Waals surface area contributed by atoms with Crippen LogP contribution in [0.1, 0.15) is 76.8 Å². The largest absolute Gasteiger partial charge is 0.339 e. The van der Waals surface area contributed by atoms with Crippen LogP contribution in [-0.2, 0) is 0 Å². The number of nitrogens with zero attached hydrogens (tertiary/aromatic N) is 4. The van der Waals surface area contributed by atoms with E-state index in [1.165, 1.54) is 24.3 Å². The number of carbonyl (C=O) groups excluding carboxylic acids is 2. The molecule has 6 nitrogen and oxygen atoms in total. The van der Waals surface area contributed by atoms with Crippen LogP contribution in [-0.4, -0.2) is 51.2 Å². The van der Waals surface area contributed by atoms with Gasteiger partial charge in [-0.2, -0.15) is 0 Å². The maximum absolute atomic E-state index is 13.2. The average Bonchev–Trinajstić information content (AvgIpc) is 2.79. The molecule has 0 bridgehead atoms. The molecule has 0 aliphatic carbocycles. The first-order valence-electron chi connectivity index (χ1n) is 10.7. The number of hydrogen-bond donors (Lipinski definition) is 0. The zero-order chi connectivity index (χ0) is 21.1. The first-order chi connectivity index (χ1) is 14.5. The van der Waals surface area contributed by atoms with Gasteiger partial charge in [-0.3, -0.25) is 9.59 Å². The van der Waals surface area contributed by atoms with E-state index < -0.39 is 0 Å². The number of carbonyl (C=O) groups is 2. The number of rotatable bonds is 3. The van der Waals surface area contributed by atoms with Gasteiger partial charge in [0.05, 0.1) is 17.3 Å². The standard InChI is InChI=1S/C23H27FN4O2/c1-16-19(23(30)27-12-4-2-5-13-27)15-25-21(26-16)20-7-3-6-14-28(20)22(29)17-8-10-18(24)11-9-17/h8-11,15,20H,2-7,12-14H2,1H3. The van der Waals surface area contributed by atoms with E-state index in [4.69, 9.17) is 0 Å². The molecule has 1 atom stereocenters. The smallest absolute Gasteiger partial charge is 0.257 e. The van der Waals surface area contributed by atoms with E-state index in [-0.39, 0.29) is 23.7 Å². The number of aromatic nitrogens is 2. The Bertz CT molecular complexity index is 925. The van der Waals surface area contributed by atoms with Crippen molar-refractivity contribution in [2.24, 2.45) is 0 Å². The second kappa shape index (κ2) is 8.90. The van der Waals surface area contributed by atoms with Gasteiger partial charge < -0.3 is 9.80 Å². The van der Waals surface area contributed by atoms with Gasteiger partial charge in [0.15, 0.2) is 5.82 Å². The number of amides is 2. The molecule has 7 heteroatoms. The molecular weight excluding hydrogens is 383 g/mol. The van der Waals surface area contributed by atoms with Gasteiger partial charge in [-0.15, -0.1) is 0 Å². The lowest BCUT2D eigenvalue weighted by atomic mass is 9.99. The van der Waals surface area contributed by atoms with E-state index in [0.717, 1.165) is 51.6 Å². The molecule has 0 saturated carbocycles. The lowest BCUT2D eigenvalue weighted by molar-refractivity contribution is 0.0597. The van der Waals surface area contributed by atoms with Crippen molar-refractivity contribution in [2.45, 2.75) is 51.5 Å². The van der Waals surface area contributed by atoms with E-state index in [2.05, 4.69) is 9.97 Å². The minimum Gasteiger partial charge on any atom is -0.339 e. The SMILES string of the molecule is Cc1nc(C2CCCCN2C(=O)c2ccc(F)cc2)ncc1C(=O)N1CCCCC1. The highest BCUT2D eigenvalue weighted by molar-refractivity contribution is 5.95. The van der Waals surface area contributed by atoms with Gasteiger partial charge in [-0.1, -0.05) is 0 Å². The average molecular weight is 410 g/mol. The third-order valence-electron chi connectivity index (χ3n) is 6.02. The van der Waals surface area contributed by atoms with Crippen molar-refractivity contribution >= 4 is 11.8 Å². The van der Waals surface area contributed by atoms with Gasteiger partial charge in [0.2, 0.25) is 0 Å². The molecule has 2 aliphatic heterocycles. The summed E-state index contributed by atoms with van der Waals surface area (Å²) in [5.74, 6) is 0.0450. The fourth-order valence-electron chi connectivity index (χ4n) is 4.32. The van der Waals surface area contributed by atoms with Crippen molar-refractivity contribution in [2.75, 3.05) is 19.6 Å². The first-order valence-corrected chi connectivity index (χ1v) is 10.7. The Balaban J connectivity index is 1.56. The topological polar surface area (TPSA) is 66.4 Å². The van der Waals surface area contributed by atoms with Crippen LogP contribution in [0.25, 0.3) is 0 Å². The lowest BCUT2D eigenvalue weighted by Gasteiger charge is -2.35. The first kappa shape index (κ1) is 20.4. The monoisotopic (exact) mass is 410 g/mol. The molecule has 30 heavy (non-hydrogen) atoms. The molecule has 1 unspecified atom stereocenters. The number of halogens is 1. The van der Waals surface area contributed by atoms with E-state index >= 15 is 0 Å². The number of likely N-dealkylation sites (tertiary alicyclic amines) is 2. The molecule has 3 heterocycles. The summed E-state index contributed by atoms with van der Waals surface area (Å²) >= 11 is 0. The molecule has 2 aliphatic rings. The summed E-state index contributed by atoms with van der Waals surface area (Å²) in [4.78, 5) is 38.7. The molecule has 2 aromatic rings. The van der Waals surface area contributed by atoms with Gasteiger partial charge >= 0.3 is 0 Å². The van der Waals surface area contributed by atoms with Crippen LogP contribution in [0.5, 0.6) is 0 Å². The second-order valence-electron chi connectivity index (χ2n) is 8.10. The maximum atomic E-state index is 13.2. The summed E-state index contributed by atoms with van der Waals surface area (Å²) in [6.07, 6.45) is 7.51. The zero-order valence-corrected chi connectivity index (χ0v) is 17.3. The Hall–Kier alpha value is -2.83. The molecule has 2 fully saturated rings. The number of hydrogen-bond acceptors (Lipinski definition) is 4. The van der Waals surface area contributed by atoms with Crippen molar-refractivity contribution in [1.82, 2.24) is 19.8 Å². The van der Waals surface area contributed by atoms with E-state index in [1.807, 2.05) is 11.8 Å². The summed E-state index contributed by atoms with van der Waals surface area (Å²) in [7, 11) is 0. The maximum Gasteiger partial charge on any atom is 0.257 e. The highest BCUT2D eigenvalue weighted by Crippen LogP contribution is 2.31. The summed E-state index contributed by atoms with van der Waals surface area (Å²) in [6.45, 7) is 4.00. The van der Waals surface area contributed by atoms with Crippen LogP contribution in [0.15, 0.2) is 30.5 Å². The number of aryl methyl sites for hydroxylation is 1. The van der Waals surface area contributed by atoms with Crippen LogP contribution in [0, 0.1) is 12.7 Å². The van der Waals surface area contributed by atoms with E-state index in [0.29, 0.717) is 29.2 Å². The normalized spacial score (nSPS) is 19.6. The summed E-state index contributed by atoms with van der Waals surface area (Å²) in [5.41, 5.74) is 1.64. The Morgan fingerprint density at radius 2 is 1.67 bits per heavy atom. The van der Waals surface area contributed by atoms with E-state index in [1.54, 1.807) is 11.1 Å². The predicted molar refractivity (Wildman–Crippen MR) is 111 cm³/mol. The van der Waals surface area contributed by atoms with E-state index in [9.17, 15) is 14.0 Å². The second-order valence-corrected chi connectivity index (χ2v) is 8.10. The van der Waals surface area contributed by atoms with Gasteiger partial charge in [0.1, 0.15) is 5.82 Å². The van der Waals surface area contributed by atoms with Crippen molar-refractivity contribution in [1.29, 1.82) is 0 Å². The summed E-state index contributed by atoms with van der Waals surface area (Å²) in [6, 6.07) is 5.38.